The van der Waals surface area contributed by atoms with Crippen LogP contribution in [0.1, 0.15) is 57.7 Å². The van der Waals surface area contributed by atoms with Crippen molar-refractivity contribution < 1.29 is 4.74 Å². The predicted molar refractivity (Wildman–Crippen MR) is 80.3 cm³/mol. The summed E-state index contributed by atoms with van der Waals surface area (Å²) in [6.07, 6.45) is 5.80. The maximum atomic E-state index is 6.16. The first-order chi connectivity index (χ1) is 9.15. The highest BCUT2D eigenvalue weighted by atomic mass is 16.5. The monoisotopic (exact) mass is 264 g/mol. The lowest BCUT2D eigenvalue weighted by Gasteiger charge is -2.40. The molecule has 1 N–H and O–H groups in total. The summed E-state index contributed by atoms with van der Waals surface area (Å²) in [5.74, 6) is 0. The fourth-order valence-electron chi connectivity index (χ4n) is 2.80. The minimum absolute atomic E-state index is 0.154. The molecule has 1 heterocycles. The molecule has 0 aromatic carbocycles. The zero-order valence-electron chi connectivity index (χ0n) is 13.0. The lowest BCUT2D eigenvalue weighted by atomic mass is 9.82. The van der Waals surface area contributed by atoms with Gasteiger partial charge in [0.1, 0.15) is 0 Å². The van der Waals surface area contributed by atoms with Crippen molar-refractivity contribution in [3.8, 4) is 0 Å². The third-order valence-corrected chi connectivity index (χ3v) is 3.95. The molecule has 0 amide bonds. The van der Waals surface area contributed by atoms with Gasteiger partial charge >= 0.3 is 0 Å². The van der Waals surface area contributed by atoms with E-state index in [1.54, 1.807) is 0 Å². The number of aryl methyl sites for hydroxylation is 1. The fraction of sp³-hybridized carbons (Fsp3) is 0.688. The van der Waals surface area contributed by atoms with Crippen molar-refractivity contribution in [1.82, 2.24) is 10.3 Å². The smallest absolute Gasteiger partial charge is 0.0871 e. The minimum atomic E-state index is -0.154. The quantitative estimate of drug-likeness (QED) is 0.778. The fourth-order valence-corrected chi connectivity index (χ4v) is 2.80. The van der Waals surface area contributed by atoms with E-state index in [-0.39, 0.29) is 11.6 Å². The van der Waals surface area contributed by atoms with Gasteiger partial charge in [-0.2, -0.15) is 0 Å². The van der Waals surface area contributed by atoms with Crippen molar-refractivity contribution >= 4 is 0 Å². The highest BCUT2D eigenvalue weighted by Crippen LogP contribution is 2.36. The second-order valence-corrected chi connectivity index (χ2v) is 4.93. The molecular formula is C16H28N2O. The van der Waals surface area contributed by atoms with Crippen LogP contribution in [0.15, 0.2) is 18.5 Å². The Morgan fingerprint density at radius 1 is 1.26 bits per heavy atom. The normalized spacial score (nSPS) is 13.5. The summed E-state index contributed by atoms with van der Waals surface area (Å²) in [7, 11) is 0. The molecule has 0 spiro atoms. The number of hydrogen-bond acceptors (Lipinski definition) is 3. The van der Waals surface area contributed by atoms with Gasteiger partial charge in [-0.15, -0.1) is 0 Å². The maximum Gasteiger partial charge on any atom is 0.0871 e. The third-order valence-electron chi connectivity index (χ3n) is 3.95. The summed E-state index contributed by atoms with van der Waals surface area (Å²) in [4.78, 5) is 4.30. The van der Waals surface area contributed by atoms with Gasteiger partial charge < -0.3 is 10.1 Å². The van der Waals surface area contributed by atoms with Crippen LogP contribution in [0.25, 0.3) is 0 Å². The molecule has 1 aromatic heterocycles. The first kappa shape index (κ1) is 16.1. The molecule has 0 saturated heterocycles. The van der Waals surface area contributed by atoms with Crippen LogP contribution in [0.4, 0.5) is 0 Å². The Balaban J connectivity index is 3.20. The molecule has 0 fully saturated rings. The van der Waals surface area contributed by atoms with Gasteiger partial charge in [0.05, 0.1) is 11.6 Å². The first-order valence-electron chi connectivity index (χ1n) is 7.42. The molecule has 0 aliphatic heterocycles. The number of ether oxygens (including phenoxy) is 1. The average Bonchev–Trinajstić information content (AvgIpc) is 2.44. The molecule has 0 saturated carbocycles. The zero-order chi connectivity index (χ0) is 14.3. The van der Waals surface area contributed by atoms with Crippen molar-refractivity contribution in [2.75, 3.05) is 13.2 Å². The van der Waals surface area contributed by atoms with Crippen molar-refractivity contribution in [3.63, 3.8) is 0 Å². The van der Waals surface area contributed by atoms with Gasteiger partial charge in [-0.1, -0.05) is 20.8 Å². The van der Waals surface area contributed by atoms with Crippen molar-refractivity contribution in [3.05, 3.63) is 29.6 Å². The predicted octanol–water partition coefficient (Wildman–Crippen LogP) is 3.64. The van der Waals surface area contributed by atoms with Crippen LogP contribution in [-0.4, -0.2) is 23.7 Å². The van der Waals surface area contributed by atoms with Crippen LogP contribution < -0.4 is 5.32 Å². The van der Waals surface area contributed by atoms with Crippen LogP contribution in [-0.2, 0) is 4.74 Å². The van der Waals surface area contributed by atoms with E-state index >= 15 is 0 Å². The van der Waals surface area contributed by atoms with E-state index in [4.69, 9.17) is 4.74 Å². The lowest BCUT2D eigenvalue weighted by molar-refractivity contribution is -0.0732. The number of nitrogens with zero attached hydrogens (tertiary/aromatic N) is 1. The first-order valence-corrected chi connectivity index (χ1v) is 7.42. The van der Waals surface area contributed by atoms with E-state index in [9.17, 15) is 0 Å². The molecule has 3 nitrogen and oxygen atoms in total. The molecule has 0 aliphatic rings. The Hall–Kier alpha value is -0.930. The molecule has 0 bridgehead atoms. The van der Waals surface area contributed by atoms with E-state index < -0.39 is 0 Å². The number of rotatable bonds is 8. The Morgan fingerprint density at radius 3 is 2.42 bits per heavy atom. The van der Waals surface area contributed by atoms with E-state index in [1.807, 2.05) is 12.4 Å². The van der Waals surface area contributed by atoms with Crippen LogP contribution in [0, 0.1) is 6.92 Å². The van der Waals surface area contributed by atoms with Crippen molar-refractivity contribution in [2.45, 2.75) is 59.1 Å². The molecule has 0 aliphatic carbocycles. The molecule has 1 unspecified atom stereocenters. The summed E-state index contributed by atoms with van der Waals surface area (Å²) >= 11 is 0. The second kappa shape index (κ2) is 7.61. The van der Waals surface area contributed by atoms with Gasteiger partial charge in [0.15, 0.2) is 0 Å². The lowest BCUT2D eigenvalue weighted by Crippen LogP contribution is -2.46. The Labute approximate surface area is 117 Å². The minimum Gasteiger partial charge on any atom is -0.373 e. The highest BCUT2D eigenvalue weighted by molar-refractivity contribution is 5.28. The van der Waals surface area contributed by atoms with E-state index in [0.29, 0.717) is 0 Å². The summed E-state index contributed by atoms with van der Waals surface area (Å²) in [6.45, 7) is 12.4. The molecular weight excluding hydrogens is 236 g/mol. The van der Waals surface area contributed by atoms with Gasteiger partial charge in [0.2, 0.25) is 0 Å². The molecule has 1 atom stereocenters. The number of likely N-dealkylation sites (N-methyl/N-ethyl adjacent to an activating group) is 1. The van der Waals surface area contributed by atoms with E-state index in [1.165, 1.54) is 11.1 Å². The summed E-state index contributed by atoms with van der Waals surface area (Å²) in [6, 6.07) is 2.27. The molecule has 108 valence electrons. The van der Waals surface area contributed by atoms with Crippen LogP contribution >= 0.6 is 0 Å². The van der Waals surface area contributed by atoms with Crippen molar-refractivity contribution in [2.24, 2.45) is 0 Å². The zero-order valence-corrected chi connectivity index (χ0v) is 13.0. The van der Waals surface area contributed by atoms with Crippen LogP contribution in [0.2, 0.25) is 0 Å². The van der Waals surface area contributed by atoms with E-state index in [0.717, 1.165) is 26.0 Å². The number of pyridine rings is 1. The van der Waals surface area contributed by atoms with Gasteiger partial charge in [-0.05, 0) is 50.4 Å². The van der Waals surface area contributed by atoms with Crippen molar-refractivity contribution in [1.29, 1.82) is 0 Å². The summed E-state index contributed by atoms with van der Waals surface area (Å²) in [5.41, 5.74) is 2.37. The van der Waals surface area contributed by atoms with Crippen LogP contribution in [0.5, 0.6) is 0 Å². The largest absolute Gasteiger partial charge is 0.373 e. The number of hydrogen-bond donors (Lipinski definition) is 1. The molecule has 19 heavy (non-hydrogen) atoms. The molecule has 3 heteroatoms. The van der Waals surface area contributed by atoms with Gasteiger partial charge in [0, 0.05) is 19.0 Å². The highest BCUT2D eigenvalue weighted by Gasteiger charge is 2.37. The molecule has 1 aromatic rings. The van der Waals surface area contributed by atoms with Gasteiger partial charge in [0.25, 0.3) is 0 Å². The Kier molecular flexibility index (Phi) is 6.46. The Morgan fingerprint density at radius 2 is 1.95 bits per heavy atom. The van der Waals surface area contributed by atoms with E-state index in [2.05, 4.69) is 51.0 Å². The third kappa shape index (κ3) is 3.54. The Bertz CT molecular complexity index is 375. The molecule has 0 radical (unpaired) electrons. The average molecular weight is 264 g/mol. The topological polar surface area (TPSA) is 34.2 Å². The van der Waals surface area contributed by atoms with Gasteiger partial charge in [-0.25, -0.2) is 0 Å². The van der Waals surface area contributed by atoms with Crippen LogP contribution in [0.3, 0.4) is 0 Å². The summed E-state index contributed by atoms with van der Waals surface area (Å²) in [5, 5.41) is 3.60. The SMILES string of the molecule is CCNC(c1cnccc1C)C(CC)(CC)OCC. The molecule has 1 rings (SSSR count). The van der Waals surface area contributed by atoms with Gasteiger partial charge in [-0.3, -0.25) is 4.98 Å². The summed E-state index contributed by atoms with van der Waals surface area (Å²) < 4.78 is 6.16. The standard InChI is InChI=1S/C16H28N2O/c1-6-16(7-2,19-9-4)15(18-8-3)14-12-17-11-10-13(14)5/h10-12,15,18H,6-9H2,1-5H3. The maximum absolute atomic E-state index is 6.16. The number of nitrogens with one attached hydrogen (secondary N) is 1. The second-order valence-electron chi connectivity index (χ2n) is 4.93. The number of aromatic nitrogens is 1.